The van der Waals surface area contributed by atoms with E-state index in [0.29, 0.717) is 24.0 Å². The van der Waals surface area contributed by atoms with Crippen LogP contribution in [0.15, 0.2) is 54.6 Å². The Labute approximate surface area is 169 Å². The van der Waals surface area contributed by atoms with Crippen LogP contribution in [0.2, 0.25) is 0 Å². The summed E-state index contributed by atoms with van der Waals surface area (Å²) in [5.74, 6) is -1.02. The fourth-order valence-electron chi connectivity index (χ4n) is 2.67. The van der Waals surface area contributed by atoms with E-state index in [2.05, 4.69) is 0 Å². The van der Waals surface area contributed by atoms with Crippen molar-refractivity contribution in [3.8, 4) is 5.75 Å². The first kappa shape index (κ1) is 20.5. The maximum Gasteiger partial charge on any atom is 0.330 e. The lowest BCUT2D eigenvalue weighted by Crippen LogP contribution is -2.23. The summed E-state index contributed by atoms with van der Waals surface area (Å²) in [6, 6.07) is 14.1. The molecule has 0 amide bonds. The Kier molecular flexibility index (Phi) is 6.24. The first-order valence-electron chi connectivity index (χ1n) is 9.29. The van der Waals surface area contributed by atoms with Crippen molar-refractivity contribution in [1.29, 1.82) is 0 Å². The third kappa shape index (κ3) is 5.18. The van der Waals surface area contributed by atoms with Gasteiger partial charge in [0.1, 0.15) is 18.6 Å². The van der Waals surface area contributed by atoms with Gasteiger partial charge in [-0.05, 0) is 17.7 Å². The predicted octanol–water partition coefficient (Wildman–Crippen LogP) is 3.54. The van der Waals surface area contributed by atoms with Gasteiger partial charge in [-0.1, -0.05) is 56.3 Å². The Hall–Kier alpha value is -3.25. The summed E-state index contributed by atoms with van der Waals surface area (Å²) in [6.45, 7) is 3.72. The van der Waals surface area contributed by atoms with E-state index in [9.17, 15) is 14.4 Å². The van der Waals surface area contributed by atoms with Crippen LogP contribution < -0.4 is 4.74 Å². The van der Waals surface area contributed by atoms with Gasteiger partial charge in [-0.3, -0.25) is 9.59 Å². The highest BCUT2D eigenvalue weighted by atomic mass is 16.6. The molecule has 0 unspecified atom stereocenters. The lowest BCUT2D eigenvalue weighted by Gasteiger charge is -2.17. The van der Waals surface area contributed by atoms with Gasteiger partial charge in [0.05, 0.1) is 12.5 Å². The number of rotatable bonds is 8. The van der Waals surface area contributed by atoms with Crippen LogP contribution in [0.5, 0.6) is 5.75 Å². The van der Waals surface area contributed by atoms with E-state index in [0.717, 1.165) is 5.56 Å². The highest BCUT2D eigenvalue weighted by molar-refractivity contribution is 5.87. The largest absolute Gasteiger partial charge is 0.459 e. The van der Waals surface area contributed by atoms with Crippen LogP contribution in [-0.4, -0.2) is 31.4 Å². The standard InChI is InChI=1S/C23H22O6/c1-16(2)22(26)29-20-12-18(13-24)8-10-19(20)23(15-28-23)14-27-21(25)11-9-17-6-4-3-5-7-17/h3-13,16H,14-15H2,1-2H3/t23-/m1/s1. The minimum absolute atomic E-state index is 0.0301. The quantitative estimate of drug-likeness (QED) is 0.224. The lowest BCUT2D eigenvalue weighted by molar-refractivity contribution is -0.140. The normalized spacial score (nSPS) is 17.9. The van der Waals surface area contributed by atoms with E-state index in [1.54, 1.807) is 32.1 Å². The van der Waals surface area contributed by atoms with Crippen LogP contribution >= 0.6 is 0 Å². The van der Waals surface area contributed by atoms with Gasteiger partial charge >= 0.3 is 11.9 Å². The summed E-state index contributed by atoms with van der Waals surface area (Å²) >= 11 is 0. The number of epoxide rings is 1. The molecule has 2 aromatic rings. The molecule has 29 heavy (non-hydrogen) atoms. The predicted molar refractivity (Wildman–Crippen MR) is 106 cm³/mol. The third-order valence-electron chi connectivity index (χ3n) is 4.47. The van der Waals surface area contributed by atoms with Crippen LogP contribution in [0, 0.1) is 5.92 Å². The Morgan fingerprint density at radius 3 is 2.48 bits per heavy atom. The molecule has 1 fully saturated rings. The van der Waals surface area contributed by atoms with Crippen molar-refractivity contribution in [2.45, 2.75) is 19.4 Å². The van der Waals surface area contributed by atoms with Gasteiger partial charge in [-0.25, -0.2) is 4.79 Å². The molecule has 1 heterocycles. The van der Waals surface area contributed by atoms with Crippen LogP contribution in [0.4, 0.5) is 0 Å². The fourth-order valence-corrected chi connectivity index (χ4v) is 2.67. The van der Waals surface area contributed by atoms with E-state index in [4.69, 9.17) is 14.2 Å². The van der Waals surface area contributed by atoms with Gasteiger partial charge in [0.25, 0.3) is 0 Å². The van der Waals surface area contributed by atoms with Gasteiger partial charge < -0.3 is 14.2 Å². The first-order chi connectivity index (χ1) is 13.9. The van der Waals surface area contributed by atoms with Gasteiger partial charge in [-0.2, -0.15) is 0 Å². The van der Waals surface area contributed by atoms with Crippen molar-refractivity contribution < 1.29 is 28.6 Å². The smallest absolute Gasteiger partial charge is 0.330 e. The average Bonchev–Trinajstić information content (AvgIpc) is 3.52. The Bertz CT molecular complexity index is 926. The van der Waals surface area contributed by atoms with Crippen LogP contribution in [0.3, 0.4) is 0 Å². The van der Waals surface area contributed by atoms with Crippen LogP contribution in [0.25, 0.3) is 6.08 Å². The number of carbonyl (C=O) groups excluding carboxylic acids is 3. The number of benzene rings is 2. The fraction of sp³-hybridized carbons (Fsp3) is 0.261. The number of hydrogen-bond donors (Lipinski definition) is 0. The van der Waals surface area contributed by atoms with Crippen molar-refractivity contribution >= 4 is 24.3 Å². The minimum atomic E-state index is -0.885. The highest BCUT2D eigenvalue weighted by Crippen LogP contribution is 2.44. The zero-order valence-electron chi connectivity index (χ0n) is 16.3. The number of carbonyl (C=O) groups is 3. The SMILES string of the molecule is CC(C)C(=O)Oc1cc(C=O)ccc1[C@@]1(COC(=O)C=Cc2ccccc2)CO1. The molecule has 1 atom stereocenters. The van der Waals surface area contributed by atoms with E-state index in [1.165, 1.54) is 12.1 Å². The highest BCUT2D eigenvalue weighted by Gasteiger charge is 2.50. The maximum absolute atomic E-state index is 12.1. The summed E-state index contributed by atoms with van der Waals surface area (Å²) in [5.41, 5.74) is 0.939. The zero-order chi connectivity index (χ0) is 20.9. The summed E-state index contributed by atoms with van der Waals surface area (Å²) in [5, 5.41) is 0. The molecule has 0 N–H and O–H groups in total. The van der Waals surface area contributed by atoms with Crippen molar-refractivity contribution in [2.75, 3.05) is 13.2 Å². The molecule has 6 nitrogen and oxygen atoms in total. The van der Waals surface area contributed by atoms with Gasteiger partial charge in [0, 0.05) is 17.2 Å². The van der Waals surface area contributed by atoms with Crippen molar-refractivity contribution in [3.63, 3.8) is 0 Å². The number of aldehydes is 1. The van der Waals surface area contributed by atoms with Gasteiger partial charge in [0.2, 0.25) is 0 Å². The Morgan fingerprint density at radius 1 is 1.14 bits per heavy atom. The molecule has 0 aliphatic carbocycles. The second-order valence-corrected chi connectivity index (χ2v) is 7.08. The first-order valence-corrected chi connectivity index (χ1v) is 9.29. The summed E-state index contributed by atoms with van der Waals surface area (Å²) in [7, 11) is 0. The summed E-state index contributed by atoms with van der Waals surface area (Å²) in [4.78, 5) is 35.2. The monoisotopic (exact) mass is 394 g/mol. The van der Waals surface area contributed by atoms with Crippen molar-refractivity contribution in [2.24, 2.45) is 5.92 Å². The number of ether oxygens (including phenoxy) is 3. The molecule has 1 aliphatic heterocycles. The third-order valence-corrected chi connectivity index (χ3v) is 4.47. The molecule has 2 aromatic carbocycles. The topological polar surface area (TPSA) is 82.2 Å². The van der Waals surface area contributed by atoms with Crippen molar-refractivity contribution in [1.82, 2.24) is 0 Å². The molecule has 0 aromatic heterocycles. The molecule has 0 saturated carbocycles. The molecule has 0 spiro atoms. The minimum Gasteiger partial charge on any atom is -0.459 e. The average molecular weight is 394 g/mol. The van der Waals surface area contributed by atoms with E-state index < -0.39 is 17.5 Å². The molecule has 1 aliphatic rings. The summed E-state index contributed by atoms with van der Waals surface area (Å²) < 4.78 is 16.4. The number of esters is 2. The molecular formula is C23H22O6. The maximum atomic E-state index is 12.1. The second kappa shape index (κ2) is 8.84. The number of hydrogen-bond acceptors (Lipinski definition) is 6. The van der Waals surface area contributed by atoms with E-state index in [-0.39, 0.29) is 18.3 Å². The second-order valence-electron chi connectivity index (χ2n) is 7.08. The molecular weight excluding hydrogens is 372 g/mol. The molecule has 0 radical (unpaired) electrons. The molecule has 6 heteroatoms. The van der Waals surface area contributed by atoms with Gasteiger partial charge in [-0.15, -0.1) is 0 Å². The Balaban J connectivity index is 1.72. The van der Waals surface area contributed by atoms with Crippen LogP contribution in [-0.2, 0) is 24.7 Å². The summed E-state index contributed by atoms with van der Waals surface area (Å²) in [6.07, 6.45) is 3.68. The molecule has 3 rings (SSSR count). The molecule has 1 saturated heterocycles. The Morgan fingerprint density at radius 2 is 1.86 bits per heavy atom. The zero-order valence-corrected chi connectivity index (χ0v) is 16.3. The molecule has 150 valence electrons. The lowest BCUT2D eigenvalue weighted by atomic mass is 9.98. The van der Waals surface area contributed by atoms with Crippen LogP contribution in [0.1, 0.15) is 35.3 Å². The van der Waals surface area contributed by atoms with Crippen molar-refractivity contribution in [3.05, 3.63) is 71.3 Å². The van der Waals surface area contributed by atoms with E-state index in [1.807, 2.05) is 30.3 Å². The molecule has 0 bridgehead atoms. The van der Waals surface area contributed by atoms with Gasteiger partial charge in [0.15, 0.2) is 5.60 Å². The van der Waals surface area contributed by atoms with E-state index >= 15 is 0 Å².